The number of carbonyl (C=O) groups is 1. The van der Waals surface area contributed by atoms with Crippen molar-refractivity contribution < 1.29 is 43.8 Å². The second-order valence-electron chi connectivity index (χ2n) is 5.20. The predicted octanol–water partition coefficient (Wildman–Crippen LogP) is -1.65. The summed E-state index contributed by atoms with van der Waals surface area (Å²) < 4.78 is 25.8. The van der Waals surface area contributed by atoms with Gasteiger partial charge in [0.15, 0.2) is 12.4 Å². The monoisotopic (exact) mass is 353 g/mol. The quantitative estimate of drug-likeness (QED) is 0.320. The Kier molecular flexibility index (Phi) is 10.1. The maximum Gasteiger partial charge on any atom is 0.404 e. The highest BCUT2D eigenvalue weighted by atomic mass is 16.7. The van der Waals surface area contributed by atoms with Crippen LogP contribution in [0.5, 0.6) is 0 Å². The van der Waals surface area contributed by atoms with Crippen LogP contribution in [0.25, 0.3) is 0 Å². The van der Waals surface area contributed by atoms with Gasteiger partial charge in [-0.1, -0.05) is 6.92 Å². The molecular weight excluding hydrogens is 326 g/mol. The van der Waals surface area contributed by atoms with E-state index in [9.17, 15) is 20.1 Å². The standard InChI is InChI=1S/C14H27NO9/c1-2-3-20-4-5-21-6-7-22-13-11(18)10(17)12(24-14(15)19)9(8-16)23-13/h9-13,16-18H,2-8H2,1H3,(H2,15,19)/t9-,10-,11+,12-,13+/m0/s1. The van der Waals surface area contributed by atoms with Crippen LogP contribution in [0, 0.1) is 0 Å². The van der Waals surface area contributed by atoms with Gasteiger partial charge in [0.1, 0.15) is 18.3 Å². The van der Waals surface area contributed by atoms with E-state index in [4.69, 9.17) is 24.7 Å². The topological polar surface area (TPSA) is 150 Å². The van der Waals surface area contributed by atoms with E-state index in [2.05, 4.69) is 4.74 Å². The molecule has 24 heavy (non-hydrogen) atoms. The molecule has 0 aromatic heterocycles. The Bertz CT molecular complexity index is 355. The first-order chi connectivity index (χ1) is 11.5. The molecule has 0 aromatic carbocycles. The first-order valence-electron chi connectivity index (χ1n) is 7.86. The van der Waals surface area contributed by atoms with Crippen molar-refractivity contribution in [3.63, 3.8) is 0 Å². The molecule has 0 saturated carbocycles. The third-order valence-corrected chi connectivity index (χ3v) is 3.30. The van der Waals surface area contributed by atoms with Crippen LogP contribution < -0.4 is 5.73 Å². The highest BCUT2D eigenvalue weighted by molar-refractivity contribution is 5.65. The molecule has 1 saturated heterocycles. The molecule has 1 fully saturated rings. The highest BCUT2D eigenvalue weighted by Gasteiger charge is 2.46. The van der Waals surface area contributed by atoms with Crippen molar-refractivity contribution in [3.8, 4) is 0 Å². The fourth-order valence-electron chi connectivity index (χ4n) is 2.16. The molecule has 1 aliphatic heterocycles. The molecule has 5 N–H and O–H groups in total. The van der Waals surface area contributed by atoms with E-state index in [0.29, 0.717) is 19.8 Å². The van der Waals surface area contributed by atoms with Gasteiger partial charge < -0.3 is 44.7 Å². The summed E-state index contributed by atoms with van der Waals surface area (Å²) in [5.41, 5.74) is 4.89. The molecule has 1 heterocycles. The lowest BCUT2D eigenvalue weighted by molar-refractivity contribution is -0.301. The Hall–Kier alpha value is -1.01. The summed E-state index contributed by atoms with van der Waals surface area (Å²) in [6.45, 7) is 3.37. The predicted molar refractivity (Wildman–Crippen MR) is 80.1 cm³/mol. The van der Waals surface area contributed by atoms with Crippen molar-refractivity contribution in [2.45, 2.75) is 44.1 Å². The Morgan fingerprint density at radius 3 is 2.29 bits per heavy atom. The van der Waals surface area contributed by atoms with Gasteiger partial charge in [-0.15, -0.1) is 0 Å². The molecule has 0 radical (unpaired) electrons. The summed E-state index contributed by atoms with van der Waals surface area (Å²) in [7, 11) is 0. The van der Waals surface area contributed by atoms with Crippen LogP contribution >= 0.6 is 0 Å². The van der Waals surface area contributed by atoms with Gasteiger partial charge in [-0.25, -0.2) is 4.79 Å². The molecule has 0 unspecified atom stereocenters. The zero-order valence-corrected chi connectivity index (χ0v) is 13.7. The van der Waals surface area contributed by atoms with Gasteiger partial charge in [0, 0.05) is 6.61 Å². The zero-order valence-electron chi connectivity index (χ0n) is 13.7. The highest BCUT2D eigenvalue weighted by Crippen LogP contribution is 2.24. The van der Waals surface area contributed by atoms with E-state index in [1.54, 1.807) is 0 Å². The van der Waals surface area contributed by atoms with Crippen molar-refractivity contribution in [2.75, 3.05) is 39.6 Å². The maximum atomic E-state index is 10.8. The van der Waals surface area contributed by atoms with E-state index >= 15 is 0 Å². The smallest absolute Gasteiger partial charge is 0.404 e. The lowest BCUT2D eigenvalue weighted by atomic mass is 9.99. The van der Waals surface area contributed by atoms with Crippen molar-refractivity contribution in [2.24, 2.45) is 5.73 Å². The molecule has 0 bridgehead atoms. The summed E-state index contributed by atoms with van der Waals surface area (Å²) in [6, 6.07) is 0. The summed E-state index contributed by atoms with van der Waals surface area (Å²) in [5.74, 6) is 0. The molecule has 1 rings (SSSR count). The number of carbonyl (C=O) groups excluding carboxylic acids is 1. The van der Waals surface area contributed by atoms with Gasteiger partial charge in [0.25, 0.3) is 0 Å². The third-order valence-electron chi connectivity index (χ3n) is 3.30. The van der Waals surface area contributed by atoms with Gasteiger partial charge >= 0.3 is 6.09 Å². The van der Waals surface area contributed by atoms with Gasteiger partial charge in [-0.3, -0.25) is 0 Å². The number of amides is 1. The van der Waals surface area contributed by atoms with Crippen molar-refractivity contribution in [3.05, 3.63) is 0 Å². The molecule has 1 amide bonds. The van der Waals surface area contributed by atoms with E-state index in [1.807, 2.05) is 6.92 Å². The number of aliphatic hydroxyl groups is 3. The lowest BCUT2D eigenvalue weighted by Crippen LogP contribution is -2.60. The Labute approximate surface area is 140 Å². The lowest BCUT2D eigenvalue weighted by Gasteiger charge is -2.40. The van der Waals surface area contributed by atoms with Gasteiger partial charge in [-0.2, -0.15) is 0 Å². The van der Waals surface area contributed by atoms with Gasteiger partial charge in [-0.05, 0) is 6.42 Å². The van der Waals surface area contributed by atoms with Gasteiger partial charge in [0.05, 0.1) is 33.0 Å². The van der Waals surface area contributed by atoms with Crippen molar-refractivity contribution in [1.82, 2.24) is 0 Å². The summed E-state index contributed by atoms with van der Waals surface area (Å²) >= 11 is 0. The molecule has 0 aromatic rings. The zero-order chi connectivity index (χ0) is 17.9. The SMILES string of the molecule is CCCOCCOCCO[C@@H]1O[C@@H](CO)[C@H](OC(N)=O)[C@@H](O)[C@H]1O. The molecule has 1 aliphatic rings. The average molecular weight is 353 g/mol. The molecule has 0 aliphatic carbocycles. The normalized spacial score (nSPS) is 30.2. The summed E-state index contributed by atoms with van der Waals surface area (Å²) in [6.07, 6.45) is -6.72. The van der Waals surface area contributed by atoms with Crippen LogP contribution in [0.2, 0.25) is 0 Å². The first kappa shape index (κ1) is 21.0. The Balaban J connectivity index is 2.32. The molecule has 5 atom stereocenters. The largest absolute Gasteiger partial charge is 0.441 e. The number of rotatable bonds is 11. The average Bonchev–Trinajstić information content (AvgIpc) is 2.55. The first-order valence-corrected chi connectivity index (χ1v) is 7.86. The van der Waals surface area contributed by atoms with Gasteiger partial charge in [0.2, 0.25) is 0 Å². The van der Waals surface area contributed by atoms with Crippen molar-refractivity contribution in [1.29, 1.82) is 0 Å². The Morgan fingerprint density at radius 1 is 1.08 bits per heavy atom. The summed E-state index contributed by atoms with van der Waals surface area (Å²) in [4.78, 5) is 10.8. The number of hydrogen-bond acceptors (Lipinski definition) is 9. The fourth-order valence-corrected chi connectivity index (χ4v) is 2.16. The summed E-state index contributed by atoms with van der Waals surface area (Å²) in [5, 5.41) is 29.2. The Morgan fingerprint density at radius 2 is 1.71 bits per heavy atom. The maximum absolute atomic E-state index is 10.8. The van der Waals surface area contributed by atoms with Crippen LogP contribution in [0.15, 0.2) is 0 Å². The number of nitrogens with two attached hydrogens (primary N) is 1. The molecule has 0 spiro atoms. The second-order valence-corrected chi connectivity index (χ2v) is 5.20. The van der Waals surface area contributed by atoms with E-state index in [1.165, 1.54) is 0 Å². The van der Waals surface area contributed by atoms with E-state index in [-0.39, 0.29) is 13.2 Å². The van der Waals surface area contributed by atoms with Crippen LogP contribution in [0.1, 0.15) is 13.3 Å². The number of aliphatic hydroxyl groups excluding tert-OH is 3. The molecular formula is C14H27NO9. The minimum Gasteiger partial charge on any atom is -0.441 e. The van der Waals surface area contributed by atoms with Crippen LogP contribution in [-0.2, 0) is 23.7 Å². The second kappa shape index (κ2) is 11.5. The van der Waals surface area contributed by atoms with Crippen LogP contribution in [0.3, 0.4) is 0 Å². The van der Waals surface area contributed by atoms with E-state index < -0.39 is 43.4 Å². The van der Waals surface area contributed by atoms with Crippen LogP contribution in [0.4, 0.5) is 4.79 Å². The number of primary amides is 1. The van der Waals surface area contributed by atoms with E-state index in [0.717, 1.165) is 6.42 Å². The van der Waals surface area contributed by atoms with Crippen LogP contribution in [-0.4, -0.2) is 91.8 Å². The molecule has 10 nitrogen and oxygen atoms in total. The van der Waals surface area contributed by atoms with Crippen molar-refractivity contribution >= 4 is 6.09 Å². The minimum atomic E-state index is -1.50. The third kappa shape index (κ3) is 6.85. The minimum absolute atomic E-state index is 0.0989. The molecule has 10 heteroatoms. The molecule has 142 valence electrons. The fraction of sp³-hybridized carbons (Fsp3) is 0.929. The number of hydrogen-bond donors (Lipinski definition) is 4. The number of ether oxygens (including phenoxy) is 5.